The van der Waals surface area contributed by atoms with Crippen molar-refractivity contribution >= 4 is 18.7 Å². The molecule has 1 heterocycles. The molecule has 2 fully saturated rings. The number of benzene rings is 3. The molecule has 0 amide bonds. The van der Waals surface area contributed by atoms with Gasteiger partial charge in [-0.15, -0.1) is 0 Å². The van der Waals surface area contributed by atoms with Crippen LogP contribution in [0.2, 0.25) is 5.04 Å². The number of ether oxygens (including phenoxy) is 1. The van der Waals surface area contributed by atoms with Crippen molar-refractivity contribution < 1.29 is 9.16 Å². The quantitative estimate of drug-likeness (QED) is 0.197. The first-order valence-electron chi connectivity index (χ1n) is 15.6. The molecule has 3 heteroatoms. The van der Waals surface area contributed by atoms with Crippen LogP contribution in [-0.2, 0) is 15.6 Å². The Balaban J connectivity index is 1.38. The minimum Gasteiger partial charge on any atom is -0.404 e. The van der Waals surface area contributed by atoms with E-state index in [-0.39, 0.29) is 5.04 Å². The van der Waals surface area contributed by atoms with Gasteiger partial charge in [0.05, 0.1) is 18.8 Å². The smallest absolute Gasteiger partial charge is 0.261 e. The first-order chi connectivity index (χ1) is 19.5. The van der Waals surface area contributed by atoms with Crippen molar-refractivity contribution in [3.63, 3.8) is 0 Å². The topological polar surface area (TPSA) is 18.5 Å². The standard InChI is InChI=1S/C37H48O2Si/c1-37(2,3)40(34-20-12-6-13-21-34,35-22-14-7-15-23-35)38-27-26-31-28-33(25-24-30-16-8-4-9-17-30)39-36(29-31)32-18-10-5-11-19-32/h4,6-9,12-17,20-23,26,32-33,36H,5,10-11,18-19,24-25,27-29H2,1-3H3/b31-26+/t33-,36-/m1/s1. The van der Waals surface area contributed by atoms with Crippen LogP contribution in [0.3, 0.4) is 0 Å². The summed E-state index contributed by atoms with van der Waals surface area (Å²) in [5, 5.41) is 2.69. The Labute approximate surface area is 244 Å². The van der Waals surface area contributed by atoms with Gasteiger partial charge in [0.25, 0.3) is 8.32 Å². The van der Waals surface area contributed by atoms with Crippen LogP contribution in [0.15, 0.2) is 103 Å². The minimum absolute atomic E-state index is 0.00720. The predicted molar refractivity (Wildman–Crippen MR) is 171 cm³/mol. The molecule has 1 saturated carbocycles. The Morgan fingerprint density at radius 1 is 0.775 bits per heavy atom. The van der Waals surface area contributed by atoms with Crippen LogP contribution in [-0.4, -0.2) is 27.1 Å². The van der Waals surface area contributed by atoms with E-state index < -0.39 is 8.32 Å². The van der Waals surface area contributed by atoms with Gasteiger partial charge in [0.2, 0.25) is 0 Å². The molecular formula is C37H48O2Si. The van der Waals surface area contributed by atoms with Crippen molar-refractivity contribution in [3.05, 3.63) is 108 Å². The number of hydrogen-bond donors (Lipinski definition) is 0. The highest BCUT2D eigenvalue weighted by molar-refractivity contribution is 6.99. The Hall–Kier alpha value is -2.46. The number of aryl methyl sites for hydroxylation is 1. The second kappa shape index (κ2) is 13.5. The van der Waals surface area contributed by atoms with Crippen molar-refractivity contribution in [1.82, 2.24) is 0 Å². The van der Waals surface area contributed by atoms with Gasteiger partial charge in [-0.2, -0.15) is 0 Å². The summed E-state index contributed by atoms with van der Waals surface area (Å²) in [6.07, 6.45) is 14.1. The molecule has 212 valence electrons. The predicted octanol–water partition coefficient (Wildman–Crippen LogP) is 8.25. The molecule has 1 saturated heterocycles. The fourth-order valence-electron chi connectivity index (χ4n) is 7.12. The van der Waals surface area contributed by atoms with Gasteiger partial charge in [0, 0.05) is 0 Å². The van der Waals surface area contributed by atoms with Crippen LogP contribution in [0.1, 0.15) is 77.7 Å². The zero-order chi connectivity index (χ0) is 27.8. The van der Waals surface area contributed by atoms with E-state index in [0.29, 0.717) is 24.7 Å². The molecule has 0 unspecified atom stereocenters. The third-order valence-corrected chi connectivity index (χ3v) is 14.2. The monoisotopic (exact) mass is 552 g/mol. The molecule has 0 spiro atoms. The van der Waals surface area contributed by atoms with Crippen molar-refractivity contribution in [2.75, 3.05) is 6.61 Å². The van der Waals surface area contributed by atoms with E-state index in [1.54, 1.807) is 0 Å². The van der Waals surface area contributed by atoms with Gasteiger partial charge in [0.15, 0.2) is 0 Å². The van der Waals surface area contributed by atoms with Gasteiger partial charge in [0.1, 0.15) is 0 Å². The largest absolute Gasteiger partial charge is 0.404 e. The molecule has 3 aromatic rings. The summed E-state index contributed by atoms with van der Waals surface area (Å²) in [6, 6.07) is 32.9. The Morgan fingerprint density at radius 2 is 1.35 bits per heavy atom. The van der Waals surface area contributed by atoms with Crippen LogP contribution in [0.4, 0.5) is 0 Å². The molecule has 40 heavy (non-hydrogen) atoms. The molecule has 1 aliphatic heterocycles. The van der Waals surface area contributed by atoms with Gasteiger partial charge >= 0.3 is 0 Å². The maximum absolute atomic E-state index is 7.24. The zero-order valence-corrected chi connectivity index (χ0v) is 25.9. The Morgan fingerprint density at radius 3 is 1.93 bits per heavy atom. The lowest BCUT2D eigenvalue weighted by Gasteiger charge is -2.43. The highest BCUT2D eigenvalue weighted by atomic mass is 28.4. The molecule has 0 radical (unpaired) electrons. The molecule has 0 N–H and O–H groups in total. The van der Waals surface area contributed by atoms with E-state index >= 15 is 0 Å². The molecular weight excluding hydrogens is 504 g/mol. The van der Waals surface area contributed by atoms with E-state index in [9.17, 15) is 0 Å². The molecule has 2 aliphatic rings. The fourth-order valence-corrected chi connectivity index (χ4v) is 11.6. The van der Waals surface area contributed by atoms with E-state index in [4.69, 9.17) is 9.16 Å². The number of rotatable bonds is 9. The summed E-state index contributed by atoms with van der Waals surface area (Å²) in [7, 11) is -2.54. The first-order valence-corrected chi connectivity index (χ1v) is 17.5. The SMILES string of the molecule is CC(C)(C)[Si](OC/C=C1\C[C@@H](CCc2ccccc2)O[C@@H](C2CCCCC2)C1)(c1ccccc1)c1ccccc1. The lowest BCUT2D eigenvalue weighted by molar-refractivity contribution is -0.0702. The average Bonchev–Trinajstić information content (AvgIpc) is 2.99. The van der Waals surface area contributed by atoms with E-state index in [1.165, 1.54) is 53.6 Å². The summed E-state index contributed by atoms with van der Waals surface area (Å²) in [5.41, 5.74) is 2.95. The maximum Gasteiger partial charge on any atom is 0.261 e. The summed E-state index contributed by atoms with van der Waals surface area (Å²) in [5.74, 6) is 0.703. The minimum atomic E-state index is -2.54. The van der Waals surface area contributed by atoms with Gasteiger partial charge < -0.3 is 9.16 Å². The second-order valence-corrected chi connectivity index (χ2v) is 17.3. The fraction of sp³-hybridized carbons (Fsp3) is 0.459. The van der Waals surface area contributed by atoms with Gasteiger partial charge in [-0.25, -0.2) is 0 Å². The van der Waals surface area contributed by atoms with E-state index in [1.807, 2.05) is 0 Å². The molecule has 0 aromatic heterocycles. The molecule has 1 aliphatic carbocycles. The Bertz CT molecular complexity index is 1150. The second-order valence-electron chi connectivity index (χ2n) is 13.0. The Kier molecular flexibility index (Phi) is 9.78. The molecule has 3 aromatic carbocycles. The van der Waals surface area contributed by atoms with Crippen molar-refractivity contribution in [2.24, 2.45) is 5.92 Å². The zero-order valence-electron chi connectivity index (χ0n) is 24.9. The summed E-state index contributed by atoms with van der Waals surface area (Å²) >= 11 is 0. The third kappa shape index (κ3) is 6.87. The molecule has 0 bridgehead atoms. The van der Waals surface area contributed by atoms with Crippen LogP contribution in [0.25, 0.3) is 0 Å². The summed E-state index contributed by atoms with van der Waals surface area (Å²) in [4.78, 5) is 0. The van der Waals surface area contributed by atoms with Crippen LogP contribution >= 0.6 is 0 Å². The van der Waals surface area contributed by atoms with E-state index in [2.05, 4.69) is 118 Å². The van der Waals surface area contributed by atoms with Crippen LogP contribution < -0.4 is 10.4 Å². The lowest BCUT2D eigenvalue weighted by Crippen LogP contribution is -2.66. The average molecular weight is 553 g/mol. The number of hydrogen-bond acceptors (Lipinski definition) is 2. The van der Waals surface area contributed by atoms with Crippen molar-refractivity contribution in [2.45, 2.75) is 95.8 Å². The van der Waals surface area contributed by atoms with Crippen LogP contribution in [0, 0.1) is 5.92 Å². The first kappa shape index (κ1) is 29.0. The van der Waals surface area contributed by atoms with Gasteiger partial charge in [-0.05, 0) is 65.4 Å². The van der Waals surface area contributed by atoms with E-state index in [0.717, 1.165) is 25.7 Å². The normalized spacial score (nSPS) is 21.9. The lowest BCUT2D eigenvalue weighted by atomic mass is 9.80. The van der Waals surface area contributed by atoms with Gasteiger partial charge in [-0.1, -0.05) is 143 Å². The molecule has 2 atom stereocenters. The summed E-state index contributed by atoms with van der Waals surface area (Å²) < 4.78 is 14.1. The maximum atomic E-state index is 7.24. The van der Waals surface area contributed by atoms with Crippen molar-refractivity contribution in [1.29, 1.82) is 0 Å². The van der Waals surface area contributed by atoms with Gasteiger partial charge in [-0.3, -0.25) is 0 Å². The summed E-state index contributed by atoms with van der Waals surface area (Å²) in [6.45, 7) is 7.74. The third-order valence-electron chi connectivity index (χ3n) is 9.18. The highest BCUT2D eigenvalue weighted by Gasteiger charge is 2.50. The molecule has 2 nitrogen and oxygen atoms in total. The van der Waals surface area contributed by atoms with Crippen molar-refractivity contribution in [3.8, 4) is 0 Å². The molecule has 5 rings (SSSR count). The van der Waals surface area contributed by atoms with Crippen LogP contribution in [0.5, 0.6) is 0 Å². The highest BCUT2D eigenvalue weighted by Crippen LogP contribution is 2.39.